The van der Waals surface area contributed by atoms with E-state index in [1.807, 2.05) is 60.7 Å². The van der Waals surface area contributed by atoms with Crippen LogP contribution in [0.15, 0.2) is 205 Å². The molecule has 0 spiro atoms. The number of hydrogen-bond acceptors (Lipinski definition) is 11. The molecule has 0 saturated heterocycles. The van der Waals surface area contributed by atoms with E-state index in [2.05, 4.69) is 38.8 Å². The van der Waals surface area contributed by atoms with Crippen molar-refractivity contribution in [1.82, 2.24) is 9.97 Å². The molecule has 2 aliphatic heterocycles. The molecule has 4 aliphatic carbocycles. The van der Waals surface area contributed by atoms with Gasteiger partial charge in [-0.05, 0) is 202 Å². The van der Waals surface area contributed by atoms with Crippen molar-refractivity contribution in [3.8, 4) is 53.0 Å². The number of thioether (sulfide) groups is 2. The number of aromatic nitrogens is 2. The van der Waals surface area contributed by atoms with Crippen LogP contribution < -0.4 is 28.9 Å². The number of benzene rings is 6. The Morgan fingerprint density at radius 1 is 0.442 bits per heavy atom. The van der Waals surface area contributed by atoms with E-state index in [0.717, 1.165) is 156 Å². The zero-order valence-corrected chi connectivity index (χ0v) is 64.0. The summed E-state index contributed by atoms with van der Waals surface area (Å²) in [6, 6.07) is 51.9. The number of nitriles is 3. The summed E-state index contributed by atoms with van der Waals surface area (Å²) in [4.78, 5) is 35.3. The van der Waals surface area contributed by atoms with Crippen LogP contribution in [-0.2, 0) is 19.5 Å². The zero-order valence-electron chi connectivity index (χ0n) is 57.1. The minimum absolute atomic E-state index is 0. The third-order valence-corrected chi connectivity index (χ3v) is 22.6. The molecule has 0 N–H and O–H groups in total. The molecule has 4 fully saturated rings. The molecule has 0 unspecified atom stereocenters. The summed E-state index contributed by atoms with van der Waals surface area (Å²) in [6.45, 7) is 23.1. The average molecular weight is 1520 g/mol. The molecule has 20 heteroatoms. The van der Waals surface area contributed by atoms with Gasteiger partial charge in [0.05, 0.1) is 54.4 Å². The third-order valence-electron chi connectivity index (χ3n) is 19.5. The van der Waals surface area contributed by atoms with Gasteiger partial charge in [0.25, 0.3) is 0 Å². The Labute approximate surface area is 643 Å². The van der Waals surface area contributed by atoms with E-state index in [-0.39, 0.29) is 49.0 Å². The third kappa shape index (κ3) is 17.5. The van der Waals surface area contributed by atoms with Crippen molar-refractivity contribution in [3.05, 3.63) is 263 Å². The fourth-order valence-electron chi connectivity index (χ4n) is 14.5. The molecule has 514 valence electrons. The van der Waals surface area contributed by atoms with Crippen molar-refractivity contribution in [3.63, 3.8) is 0 Å². The van der Waals surface area contributed by atoms with E-state index in [1.165, 1.54) is 37.4 Å². The first-order valence-electron chi connectivity index (χ1n) is 35.0. The average Bonchev–Trinajstić information content (AvgIpc) is 1.61. The Balaban J connectivity index is 0.000000194. The Morgan fingerprint density at radius 2 is 0.856 bits per heavy atom. The largest absolute Gasteiger partial charge is 2.00 e. The molecule has 6 aromatic carbocycles. The number of ether oxygens (including phenoxy) is 4. The first-order valence-corrected chi connectivity index (χ1v) is 37.8. The van der Waals surface area contributed by atoms with Crippen molar-refractivity contribution < 1.29 is 38.4 Å². The molecule has 4 saturated carbocycles. The first-order chi connectivity index (χ1) is 50.5. The van der Waals surface area contributed by atoms with E-state index >= 15 is 0 Å². The van der Waals surface area contributed by atoms with Gasteiger partial charge in [0.15, 0.2) is 11.4 Å². The number of allylic oxidation sites excluding steroid dienone is 2. The maximum absolute atomic E-state index is 10.8. The number of nitrogens with zero attached hydrogens (tertiary/aromatic N) is 10. The number of rotatable bonds is 16. The van der Waals surface area contributed by atoms with Gasteiger partial charge in [0.2, 0.25) is 17.5 Å². The van der Waals surface area contributed by atoms with Crippen LogP contribution in [0.5, 0.6) is 34.8 Å². The Hall–Kier alpha value is -9.49. The van der Waals surface area contributed by atoms with Crippen molar-refractivity contribution >= 4 is 97.0 Å². The van der Waals surface area contributed by atoms with Crippen molar-refractivity contribution in [2.75, 3.05) is 0 Å². The maximum Gasteiger partial charge on any atom is 2.00 e. The Bertz CT molecular complexity index is 4920. The number of aliphatic imine (C=N–C) groups is 2. The summed E-state index contributed by atoms with van der Waals surface area (Å²) >= 11 is 23.1. The van der Waals surface area contributed by atoms with E-state index in [9.17, 15) is 15.8 Å². The molecular formula is C84H69Cl3N10O4S2Zn. The first kappa shape index (κ1) is 74.2. The van der Waals surface area contributed by atoms with Gasteiger partial charge < -0.3 is 28.9 Å². The van der Waals surface area contributed by atoms with Crippen molar-refractivity contribution in [2.45, 2.75) is 150 Å². The molecule has 14 rings (SSSR count). The normalized spacial score (nSPS) is 17.4. The molecular weight excluding hydrogens is 1450 g/mol. The van der Waals surface area contributed by atoms with Gasteiger partial charge in [-0.2, -0.15) is 15.8 Å². The van der Waals surface area contributed by atoms with Gasteiger partial charge in [-0.3, -0.25) is 0 Å². The molecule has 0 bridgehead atoms. The molecule has 8 aromatic rings. The van der Waals surface area contributed by atoms with Crippen molar-refractivity contribution in [2.24, 2.45) is 21.8 Å². The quantitative estimate of drug-likeness (QED) is 0.0511. The van der Waals surface area contributed by atoms with Gasteiger partial charge in [0, 0.05) is 52.6 Å². The molecule has 6 aliphatic rings. The van der Waals surface area contributed by atoms with Gasteiger partial charge in [-0.1, -0.05) is 171 Å². The summed E-state index contributed by atoms with van der Waals surface area (Å²) in [5, 5.41) is 31.2. The summed E-state index contributed by atoms with van der Waals surface area (Å²) in [5.74, 6) is 4.11. The van der Waals surface area contributed by atoms with E-state index < -0.39 is 0 Å². The fourth-order valence-corrected chi connectivity index (χ4v) is 17.1. The van der Waals surface area contributed by atoms with Crippen LogP contribution in [0.4, 0.5) is 17.1 Å². The predicted molar refractivity (Wildman–Crippen MR) is 409 cm³/mol. The van der Waals surface area contributed by atoms with Crippen LogP contribution in [0.3, 0.4) is 0 Å². The van der Waals surface area contributed by atoms with E-state index in [4.69, 9.17) is 93.4 Å². The minimum Gasteiger partial charge on any atom is -0.637 e. The molecule has 0 radical (unpaired) electrons. The van der Waals surface area contributed by atoms with Crippen LogP contribution in [0.25, 0.3) is 24.3 Å². The number of halogens is 3. The van der Waals surface area contributed by atoms with Crippen LogP contribution >= 0.6 is 58.3 Å². The second-order valence-electron chi connectivity index (χ2n) is 26.2. The molecule has 2 aromatic heterocycles. The maximum atomic E-state index is 10.8. The topological polar surface area (TPSA) is 174 Å². The van der Waals surface area contributed by atoms with Crippen LogP contribution in [-0.4, -0.2) is 11.8 Å². The summed E-state index contributed by atoms with van der Waals surface area (Å²) in [7, 11) is 0. The van der Waals surface area contributed by atoms with Gasteiger partial charge in [-0.25, -0.2) is 24.5 Å². The van der Waals surface area contributed by atoms with Crippen LogP contribution in [0.1, 0.15) is 174 Å². The van der Waals surface area contributed by atoms with Crippen molar-refractivity contribution in [1.29, 1.82) is 15.8 Å². The van der Waals surface area contributed by atoms with Crippen LogP contribution in [0, 0.1) is 65.5 Å². The fraction of sp³-hybridized carbons (Fsp3) is 0.286. The summed E-state index contributed by atoms with van der Waals surface area (Å²) < 4.78 is 25.5. The molecule has 0 amide bonds. The monoisotopic (exact) mass is 1510 g/mol. The standard InChI is InChI=1S/C43H34ClN6O2S.C41H35Cl2N4O2S.Zn/c1-47-31-17-21-33(22-18-31)52-43-40(48-2)37(29-11-7-4-8-12-29)39(50-43)41(53-34-23-15-30(44)16-24-34)38-36(28-9-5-3-6-10-28)35(26-46)42(49-38)51-32-19-13-27(25-45)14-20-32;1-45-30-16-20-31(21-17-30)48-35-24-34(27-8-4-2-5-9-27)38(46-35)40(50-33-22-14-29(42)15-23-33)39-36(28-10-6-3-7-11-28)37(43)41(47-39)49-32-18-12-26(25-44)13-19-32;/h13-24,28-29H,3-12H2;12-24,27-28H,2-11H2;/q2*-1;+2/b41-38+;40-39+;. The predicted octanol–water partition coefficient (Wildman–Crippen LogP) is 25.0. The minimum atomic E-state index is 0. The van der Waals surface area contributed by atoms with Gasteiger partial charge >= 0.3 is 19.5 Å². The zero-order chi connectivity index (χ0) is 71.2. The SMILES string of the molecule is [C-]#[N+]c1ccc(Oc2[n-]c(/C(Sc3ccc(Cl)cc3)=C3\N=C(Oc4ccc(C#N)cc4)C(C#N)=C3C3CCCCC3)c(C3CCCCC3)c2[N+]#[C-])cc1.[C-]#[N+]c1ccc(Oc2cc(C3CCCCC3)c(/C(Sc3ccc(Cl)cc3)=C3\N=C(Oc4ccc(C#N)cc4)C(Cl)=C3C3CCCCC3)[n-]2)cc1.[Zn+2]. The molecule has 104 heavy (non-hydrogen) atoms. The second kappa shape index (κ2) is 35.3. The van der Waals surface area contributed by atoms with E-state index in [0.29, 0.717) is 101 Å². The van der Waals surface area contributed by atoms with Gasteiger partial charge in [-0.15, -0.1) is 11.4 Å². The molecule has 0 atom stereocenters. The summed E-state index contributed by atoms with van der Waals surface area (Å²) in [6.07, 6.45) is 21.3. The van der Waals surface area contributed by atoms with E-state index in [1.54, 1.807) is 96.7 Å². The number of hydrogen-bond donors (Lipinski definition) is 0. The molecule has 4 heterocycles. The van der Waals surface area contributed by atoms with Crippen LogP contribution in [0.2, 0.25) is 10.0 Å². The molecule has 14 nitrogen and oxygen atoms in total. The second-order valence-corrected chi connectivity index (χ2v) is 29.6. The Morgan fingerprint density at radius 3 is 1.33 bits per heavy atom. The summed E-state index contributed by atoms with van der Waals surface area (Å²) in [5.41, 5.74) is 9.57. The smallest absolute Gasteiger partial charge is 0.637 e. The Kier molecular flexibility index (Phi) is 25.2. The van der Waals surface area contributed by atoms with Gasteiger partial charge in [0.1, 0.15) is 39.7 Å².